The van der Waals surface area contributed by atoms with Crippen LogP contribution in [0.1, 0.15) is 41.2 Å². The summed E-state index contributed by atoms with van der Waals surface area (Å²) in [7, 11) is 1.29. The van der Waals surface area contributed by atoms with Crippen molar-refractivity contribution >= 4 is 0 Å². The van der Waals surface area contributed by atoms with E-state index in [1.54, 1.807) is 12.1 Å². The second-order valence-electron chi connectivity index (χ2n) is 6.47. The SMILES string of the molecule is CCCc1ccc(C#Cc2ccc(C#Cc3ccc(OC)c(F)c3F)cc2)cc1. The zero-order valence-electron chi connectivity index (χ0n) is 16.4. The van der Waals surface area contributed by atoms with Gasteiger partial charge < -0.3 is 4.74 Å². The molecule has 0 aliphatic carbocycles. The molecule has 0 aliphatic rings. The first-order valence-corrected chi connectivity index (χ1v) is 9.35. The van der Waals surface area contributed by atoms with Crippen molar-refractivity contribution in [3.8, 4) is 29.4 Å². The van der Waals surface area contributed by atoms with Crippen LogP contribution in [0.5, 0.6) is 5.75 Å². The fraction of sp³-hybridized carbons (Fsp3) is 0.154. The topological polar surface area (TPSA) is 9.23 Å². The quantitative estimate of drug-likeness (QED) is 0.523. The van der Waals surface area contributed by atoms with Gasteiger partial charge in [0.15, 0.2) is 11.6 Å². The predicted molar refractivity (Wildman–Crippen MR) is 112 cm³/mol. The molecule has 3 rings (SSSR count). The van der Waals surface area contributed by atoms with E-state index in [0.29, 0.717) is 5.56 Å². The molecule has 3 aromatic carbocycles. The Balaban J connectivity index is 1.72. The molecular weight excluding hydrogens is 366 g/mol. The molecule has 0 saturated heterocycles. The summed E-state index contributed by atoms with van der Waals surface area (Å²) in [6.07, 6.45) is 2.20. The van der Waals surface area contributed by atoms with E-state index < -0.39 is 11.6 Å². The maximum Gasteiger partial charge on any atom is 0.201 e. The number of methoxy groups -OCH3 is 1. The summed E-state index contributed by atoms with van der Waals surface area (Å²) in [5, 5.41) is 0. The Morgan fingerprint density at radius 1 is 0.690 bits per heavy atom. The van der Waals surface area contributed by atoms with Crippen LogP contribution >= 0.6 is 0 Å². The van der Waals surface area contributed by atoms with Gasteiger partial charge in [-0.05, 0) is 60.5 Å². The molecule has 0 aromatic heterocycles. The van der Waals surface area contributed by atoms with E-state index in [1.807, 2.05) is 24.3 Å². The van der Waals surface area contributed by atoms with Crippen LogP contribution in [-0.4, -0.2) is 7.11 Å². The molecule has 144 valence electrons. The Bertz CT molecular complexity index is 1110. The predicted octanol–water partition coefficient (Wildman–Crippen LogP) is 5.73. The molecule has 0 saturated carbocycles. The van der Waals surface area contributed by atoms with Crippen LogP contribution in [0, 0.1) is 35.3 Å². The molecule has 3 heteroatoms. The van der Waals surface area contributed by atoms with Crippen molar-refractivity contribution in [3.05, 3.63) is 100 Å². The van der Waals surface area contributed by atoms with Gasteiger partial charge in [-0.1, -0.05) is 49.2 Å². The third-order valence-electron chi connectivity index (χ3n) is 4.34. The molecule has 0 atom stereocenters. The molecule has 0 heterocycles. The number of hydrogen-bond donors (Lipinski definition) is 0. The fourth-order valence-electron chi connectivity index (χ4n) is 2.75. The molecule has 0 radical (unpaired) electrons. The maximum atomic E-state index is 14.0. The highest BCUT2D eigenvalue weighted by atomic mass is 19.2. The summed E-state index contributed by atoms with van der Waals surface area (Å²) in [6.45, 7) is 2.16. The maximum absolute atomic E-state index is 14.0. The number of rotatable bonds is 3. The second-order valence-corrected chi connectivity index (χ2v) is 6.47. The number of benzene rings is 3. The number of aryl methyl sites for hydroxylation is 1. The van der Waals surface area contributed by atoms with Crippen molar-refractivity contribution in [1.29, 1.82) is 0 Å². The molecule has 1 nitrogen and oxygen atoms in total. The van der Waals surface area contributed by atoms with E-state index >= 15 is 0 Å². The summed E-state index contributed by atoms with van der Waals surface area (Å²) < 4.78 is 32.5. The van der Waals surface area contributed by atoms with Crippen LogP contribution in [0.2, 0.25) is 0 Å². The zero-order valence-corrected chi connectivity index (χ0v) is 16.4. The summed E-state index contributed by atoms with van der Waals surface area (Å²) in [6, 6.07) is 18.3. The summed E-state index contributed by atoms with van der Waals surface area (Å²) >= 11 is 0. The summed E-state index contributed by atoms with van der Waals surface area (Å²) in [5.41, 5.74) is 3.81. The van der Waals surface area contributed by atoms with Crippen LogP contribution in [-0.2, 0) is 6.42 Å². The average Bonchev–Trinajstić information content (AvgIpc) is 2.75. The molecule has 0 N–H and O–H groups in total. The Morgan fingerprint density at radius 3 is 1.72 bits per heavy atom. The van der Waals surface area contributed by atoms with Crippen LogP contribution in [0.15, 0.2) is 60.7 Å². The minimum Gasteiger partial charge on any atom is -0.494 e. The molecule has 0 aliphatic heterocycles. The van der Waals surface area contributed by atoms with E-state index in [1.165, 1.54) is 24.8 Å². The number of ether oxygens (including phenoxy) is 1. The molecule has 0 spiro atoms. The Kier molecular flexibility index (Phi) is 6.67. The molecule has 3 aromatic rings. The smallest absolute Gasteiger partial charge is 0.201 e. The largest absolute Gasteiger partial charge is 0.494 e. The van der Waals surface area contributed by atoms with Crippen molar-refractivity contribution < 1.29 is 13.5 Å². The van der Waals surface area contributed by atoms with Gasteiger partial charge >= 0.3 is 0 Å². The van der Waals surface area contributed by atoms with E-state index in [2.05, 4.69) is 42.7 Å². The van der Waals surface area contributed by atoms with Gasteiger partial charge in [0, 0.05) is 16.7 Å². The van der Waals surface area contributed by atoms with Crippen LogP contribution < -0.4 is 4.74 Å². The van der Waals surface area contributed by atoms with Crippen LogP contribution in [0.4, 0.5) is 8.78 Å². The second kappa shape index (κ2) is 9.58. The van der Waals surface area contributed by atoms with E-state index in [0.717, 1.165) is 24.0 Å². The Labute approximate surface area is 170 Å². The lowest BCUT2D eigenvalue weighted by Crippen LogP contribution is -1.95. The Hall–Kier alpha value is -3.56. The normalized spacial score (nSPS) is 9.79. The molecule has 0 amide bonds. The summed E-state index contributed by atoms with van der Waals surface area (Å²) in [5.74, 6) is 9.57. The summed E-state index contributed by atoms with van der Waals surface area (Å²) in [4.78, 5) is 0. The van der Waals surface area contributed by atoms with Crippen molar-refractivity contribution in [2.45, 2.75) is 19.8 Å². The highest BCUT2D eigenvalue weighted by Gasteiger charge is 2.12. The Morgan fingerprint density at radius 2 is 1.21 bits per heavy atom. The first kappa shape index (κ1) is 20.2. The standard InChI is InChI=1S/C26H20F2O/c1-3-4-19-5-7-20(8-6-19)9-10-21-11-13-22(14-12-21)15-16-23-17-18-24(29-2)26(28)25(23)27/h5-8,11-14,17-18H,3-4H2,1-2H3. The van der Waals surface area contributed by atoms with Gasteiger partial charge in [0.1, 0.15) is 0 Å². The van der Waals surface area contributed by atoms with E-state index in [9.17, 15) is 8.78 Å². The lowest BCUT2D eigenvalue weighted by Gasteiger charge is -2.03. The highest BCUT2D eigenvalue weighted by molar-refractivity contribution is 5.49. The van der Waals surface area contributed by atoms with E-state index in [4.69, 9.17) is 4.74 Å². The molecule has 0 fully saturated rings. The molecule has 0 bridgehead atoms. The van der Waals surface area contributed by atoms with Gasteiger partial charge in [0.25, 0.3) is 0 Å². The lowest BCUT2D eigenvalue weighted by molar-refractivity contribution is 0.371. The third-order valence-corrected chi connectivity index (χ3v) is 4.34. The van der Waals surface area contributed by atoms with Gasteiger partial charge in [0.2, 0.25) is 5.82 Å². The number of halogens is 2. The van der Waals surface area contributed by atoms with Gasteiger partial charge in [-0.3, -0.25) is 0 Å². The third kappa shape index (κ3) is 5.24. The lowest BCUT2D eigenvalue weighted by atomic mass is 10.1. The first-order chi connectivity index (χ1) is 14.1. The van der Waals surface area contributed by atoms with Gasteiger partial charge in [-0.15, -0.1) is 0 Å². The van der Waals surface area contributed by atoms with Gasteiger partial charge in [-0.25, -0.2) is 4.39 Å². The highest BCUT2D eigenvalue weighted by Crippen LogP contribution is 2.21. The van der Waals surface area contributed by atoms with Crippen molar-refractivity contribution in [2.24, 2.45) is 0 Å². The first-order valence-electron chi connectivity index (χ1n) is 9.35. The molecule has 29 heavy (non-hydrogen) atoms. The van der Waals surface area contributed by atoms with Crippen molar-refractivity contribution in [3.63, 3.8) is 0 Å². The van der Waals surface area contributed by atoms with E-state index in [-0.39, 0.29) is 11.3 Å². The van der Waals surface area contributed by atoms with Gasteiger partial charge in [0.05, 0.1) is 12.7 Å². The molecule has 0 unspecified atom stereocenters. The zero-order chi connectivity index (χ0) is 20.6. The monoisotopic (exact) mass is 386 g/mol. The average molecular weight is 386 g/mol. The van der Waals surface area contributed by atoms with Crippen LogP contribution in [0.25, 0.3) is 0 Å². The van der Waals surface area contributed by atoms with Crippen molar-refractivity contribution in [1.82, 2.24) is 0 Å². The minimum atomic E-state index is -1.03. The molecular formula is C26H20F2O. The minimum absolute atomic E-state index is 0.0151. The van der Waals surface area contributed by atoms with Gasteiger partial charge in [-0.2, -0.15) is 4.39 Å². The van der Waals surface area contributed by atoms with Crippen LogP contribution in [0.3, 0.4) is 0 Å². The fourth-order valence-corrected chi connectivity index (χ4v) is 2.75. The number of hydrogen-bond acceptors (Lipinski definition) is 1. The van der Waals surface area contributed by atoms with Crippen molar-refractivity contribution in [2.75, 3.05) is 7.11 Å².